The Hall–Kier alpha value is -1.62. The van der Waals surface area contributed by atoms with Gasteiger partial charge in [0, 0.05) is 12.1 Å². The predicted molar refractivity (Wildman–Crippen MR) is 56.2 cm³/mol. The fourth-order valence-electron chi connectivity index (χ4n) is 1.05. The maximum absolute atomic E-state index is 10.5. The van der Waals surface area contributed by atoms with Crippen LogP contribution < -0.4 is 14.8 Å². The molecule has 0 heterocycles. The molecule has 0 aliphatic rings. The van der Waals surface area contributed by atoms with Gasteiger partial charge in [-0.2, -0.15) is 0 Å². The van der Waals surface area contributed by atoms with Crippen LogP contribution in [-0.2, 0) is 0 Å². The van der Waals surface area contributed by atoms with Gasteiger partial charge in [-0.1, -0.05) is 11.6 Å². The molecule has 0 aromatic heterocycles. The summed E-state index contributed by atoms with van der Waals surface area (Å²) in [4.78, 5) is 10.5. The van der Waals surface area contributed by atoms with Gasteiger partial charge in [0.15, 0.2) is 0 Å². The van der Waals surface area contributed by atoms with E-state index in [0.717, 1.165) is 0 Å². The van der Waals surface area contributed by atoms with Gasteiger partial charge in [0.2, 0.25) is 0 Å². The molecule has 0 aliphatic carbocycles. The minimum atomic E-state index is -1.20. The Kier molecular flexibility index (Phi) is 3.62. The third kappa shape index (κ3) is 2.66. The number of ether oxygens (including phenoxy) is 2. The van der Waals surface area contributed by atoms with Crippen LogP contribution in [0, 0.1) is 0 Å². The molecule has 0 spiro atoms. The molecule has 15 heavy (non-hydrogen) atoms. The Balaban J connectivity index is 3.17. The van der Waals surface area contributed by atoms with Gasteiger partial charge in [-0.15, -0.1) is 0 Å². The predicted octanol–water partition coefficient (Wildman–Crippen LogP) is 2.45. The molecule has 0 saturated carbocycles. The Labute approximate surface area is 91.6 Å². The molecular weight excluding hydrogens is 222 g/mol. The highest BCUT2D eigenvalue weighted by Crippen LogP contribution is 2.36. The molecule has 5 nitrogen and oxygen atoms in total. The zero-order chi connectivity index (χ0) is 11.4. The zero-order valence-corrected chi connectivity index (χ0v) is 8.96. The molecule has 82 valence electrons. The van der Waals surface area contributed by atoms with E-state index in [1.807, 2.05) is 0 Å². The van der Waals surface area contributed by atoms with Crippen molar-refractivity contribution in [2.75, 3.05) is 19.5 Å². The molecule has 1 aromatic rings. The maximum Gasteiger partial charge on any atom is 0.409 e. The van der Waals surface area contributed by atoms with Crippen molar-refractivity contribution >= 4 is 23.4 Å². The molecule has 1 rings (SSSR count). The highest BCUT2D eigenvalue weighted by Gasteiger charge is 2.11. The van der Waals surface area contributed by atoms with Crippen molar-refractivity contribution in [2.24, 2.45) is 0 Å². The summed E-state index contributed by atoms with van der Waals surface area (Å²) >= 11 is 5.88. The average molecular weight is 232 g/mol. The van der Waals surface area contributed by atoms with E-state index in [-0.39, 0.29) is 10.7 Å². The number of rotatable bonds is 3. The van der Waals surface area contributed by atoms with Crippen molar-refractivity contribution < 1.29 is 19.4 Å². The number of hydrogen-bond donors (Lipinski definition) is 2. The monoisotopic (exact) mass is 231 g/mol. The summed E-state index contributed by atoms with van der Waals surface area (Å²) in [6.07, 6.45) is -1.20. The molecule has 0 unspecified atom stereocenters. The molecule has 0 atom stereocenters. The van der Waals surface area contributed by atoms with Gasteiger partial charge in [-0.05, 0) is 0 Å². The second-order valence-electron chi connectivity index (χ2n) is 2.62. The van der Waals surface area contributed by atoms with Crippen LogP contribution in [0.25, 0.3) is 0 Å². The molecule has 0 fully saturated rings. The minimum Gasteiger partial charge on any atom is -0.497 e. The third-order valence-electron chi connectivity index (χ3n) is 1.71. The topological polar surface area (TPSA) is 67.8 Å². The van der Waals surface area contributed by atoms with Crippen molar-refractivity contribution in [3.05, 3.63) is 17.2 Å². The van der Waals surface area contributed by atoms with E-state index in [4.69, 9.17) is 26.2 Å². The second kappa shape index (κ2) is 4.75. The van der Waals surface area contributed by atoms with Crippen LogP contribution in [0.1, 0.15) is 0 Å². The second-order valence-corrected chi connectivity index (χ2v) is 3.00. The van der Waals surface area contributed by atoms with Crippen molar-refractivity contribution in [3.63, 3.8) is 0 Å². The Morgan fingerprint density at radius 3 is 2.53 bits per heavy atom. The number of halogens is 1. The number of carboxylic acid groups (broad SMARTS) is 1. The molecule has 1 aromatic carbocycles. The number of hydrogen-bond acceptors (Lipinski definition) is 3. The first kappa shape index (κ1) is 11.5. The average Bonchev–Trinajstić information content (AvgIpc) is 2.20. The fraction of sp³-hybridized carbons (Fsp3) is 0.222. The van der Waals surface area contributed by atoms with Crippen molar-refractivity contribution in [3.8, 4) is 11.5 Å². The van der Waals surface area contributed by atoms with Gasteiger partial charge in [0.05, 0.1) is 19.9 Å². The van der Waals surface area contributed by atoms with Crippen LogP contribution in [-0.4, -0.2) is 25.4 Å². The first-order valence-corrected chi connectivity index (χ1v) is 4.37. The molecule has 1 amide bonds. The van der Waals surface area contributed by atoms with Crippen LogP contribution in [0.5, 0.6) is 11.5 Å². The minimum absolute atomic E-state index is 0.195. The third-order valence-corrected chi connectivity index (χ3v) is 2.10. The first-order valence-electron chi connectivity index (χ1n) is 4.00. The van der Waals surface area contributed by atoms with Crippen molar-refractivity contribution in [1.82, 2.24) is 0 Å². The number of benzene rings is 1. The summed E-state index contributed by atoms with van der Waals surface area (Å²) < 4.78 is 9.93. The van der Waals surface area contributed by atoms with Gasteiger partial charge in [0.1, 0.15) is 16.5 Å². The normalized spacial score (nSPS) is 9.53. The number of amides is 1. The van der Waals surface area contributed by atoms with Gasteiger partial charge in [-0.3, -0.25) is 5.32 Å². The summed E-state index contributed by atoms with van der Waals surface area (Å²) in [6.45, 7) is 0. The van der Waals surface area contributed by atoms with Gasteiger partial charge >= 0.3 is 6.09 Å². The van der Waals surface area contributed by atoms with Crippen LogP contribution >= 0.6 is 11.6 Å². The largest absolute Gasteiger partial charge is 0.497 e. The smallest absolute Gasteiger partial charge is 0.409 e. The van der Waals surface area contributed by atoms with E-state index >= 15 is 0 Å². The summed E-state index contributed by atoms with van der Waals surface area (Å²) in [5, 5.41) is 10.9. The van der Waals surface area contributed by atoms with E-state index in [2.05, 4.69) is 5.32 Å². The first-order chi connectivity index (χ1) is 7.08. The van der Waals surface area contributed by atoms with E-state index in [9.17, 15) is 4.79 Å². The van der Waals surface area contributed by atoms with Crippen LogP contribution in [0.4, 0.5) is 10.5 Å². The van der Waals surface area contributed by atoms with Crippen LogP contribution in [0.3, 0.4) is 0 Å². The van der Waals surface area contributed by atoms with E-state index in [1.54, 1.807) is 6.07 Å². The van der Waals surface area contributed by atoms with Gasteiger partial charge < -0.3 is 14.6 Å². The van der Waals surface area contributed by atoms with E-state index in [0.29, 0.717) is 11.5 Å². The van der Waals surface area contributed by atoms with Crippen LogP contribution in [0.2, 0.25) is 5.02 Å². The number of carbonyl (C=O) groups is 1. The summed E-state index contributed by atoms with van der Waals surface area (Å²) in [6, 6.07) is 3.04. The molecule has 0 saturated heterocycles. The number of methoxy groups -OCH3 is 2. The lowest BCUT2D eigenvalue weighted by Crippen LogP contribution is -2.08. The zero-order valence-electron chi connectivity index (χ0n) is 8.20. The summed E-state index contributed by atoms with van der Waals surface area (Å²) in [5.74, 6) is 0.805. The molecule has 2 N–H and O–H groups in total. The van der Waals surface area contributed by atoms with E-state index in [1.165, 1.54) is 20.3 Å². The molecule has 0 aliphatic heterocycles. The Bertz CT molecular complexity index is 381. The van der Waals surface area contributed by atoms with Crippen molar-refractivity contribution in [1.29, 1.82) is 0 Å². The summed E-state index contributed by atoms with van der Waals surface area (Å²) in [5.41, 5.74) is 0.223. The van der Waals surface area contributed by atoms with E-state index < -0.39 is 6.09 Å². The standard InChI is InChI=1S/C9H10ClNO4/c1-14-5-3-6(11-9(12)13)8(10)7(4-5)15-2/h3-4,11H,1-2H3,(H,12,13). The Morgan fingerprint density at radius 2 is 2.07 bits per heavy atom. The lowest BCUT2D eigenvalue weighted by Gasteiger charge is -2.10. The fourth-order valence-corrected chi connectivity index (χ4v) is 1.28. The molecule has 0 bridgehead atoms. The highest BCUT2D eigenvalue weighted by atomic mass is 35.5. The molecule has 6 heteroatoms. The molecule has 0 radical (unpaired) electrons. The lowest BCUT2D eigenvalue weighted by molar-refractivity contribution is 0.209. The number of nitrogens with one attached hydrogen (secondary N) is 1. The number of anilines is 1. The van der Waals surface area contributed by atoms with Crippen LogP contribution in [0.15, 0.2) is 12.1 Å². The van der Waals surface area contributed by atoms with Gasteiger partial charge in [0.25, 0.3) is 0 Å². The Morgan fingerprint density at radius 1 is 1.40 bits per heavy atom. The SMILES string of the molecule is COc1cc(NC(=O)O)c(Cl)c(OC)c1. The van der Waals surface area contributed by atoms with Gasteiger partial charge in [-0.25, -0.2) is 4.79 Å². The quantitative estimate of drug-likeness (QED) is 0.839. The van der Waals surface area contributed by atoms with Crippen molar-refractivity contribution in [2.45, 2.75) is 0 Å². The maximum atomic E-state index is 10.5. The molecular formula is C9H10ClNO4. The highest BCUT2D eigenvalue weighted by molar-refractivity contribution is 6.35. The summed E-state index contributed by atoms with van der Waals surface area (Å²) in [7, 11) is 2.90. The lowest BCUT2D eigenvalue weighted by atomic mass is 10.2.